The minimum atomic E-state index is -0.270. The summed E-state index contributed by atoms with van der Waals surface area (Å²) in [5.41, 5.74) is 1.14. The van der Waals surface area contributed by atoms with Gasteiger partial charge in [-0.15, -0.1) is 0 Å². The summed E-state index contributed by atoms with van der Waals surface area (Å²) in [6, 6.07) is 5.78. The zero-order chi connectivity index (χ0) is 15.6. The number of hydrogen-bond acceptors (Lipinski definition) is 4. The van der Waals surface area contributed by atoms with Crippen molar-refractivity contribution in [1.82, 2.24) is 5.32 Å². The molecule has 5 heteroatoms. The van der Waals surface area contributed by atoms with E-state index in [2.05, 4.69) is 48.1 Å². The molecule has 1 aromatic rings. The van der Waals surface area contributed by atoms with E-state index in [4.69, 9.17) is 9.47 Å². The molecule has 0 aliphatic carbocycles. The number of carbonyl (C=O) groups is 1. The highest BCUT2D eigenvalue weighted by Crippen LogP contribution is 2.34. The van der Waals surface area contributed by atoms with Gasteiger partial charge in [-0.3, -0.25) is 4.79 Å². The van der Waals surface area contributed by atoms with E-state index in [1.54, 1.807) is 0 Å². The predicted octanol–water partition coefficient (Wildman–Crippen LogP) is 3.03. The van der Waals surface area contributed by atoms with Gasteiger partial charge in [0.25, 0.3) is 0 Å². The number of rotatable bonds is 3. The third kappa shape index (κ3) is 3.98. The highest BCUT2D eigenvalue weighted by Gasteiger charge is 2.32. The summed E-state index contributed by atoms with van der Waals surface area (Å²) in [5, 5.41) is 3.14. The molecule has 2 atom stereocenters. The maximum Gasteiger partial charge on any atom is 0.323 e. The van der Waals surface area contributed by atoms with Crippen LogP contribution in [0.2, 0.25) is 0 Å². The number of carbonyl (C=O) groups excluding carboxylic acids is 1. The maximum absolute atomic E-state index is 11.5. The van der Waals surface area contributed by atoms with Crippen molar-refractivity contribution in [1.29, 1.82) is 0 Å². The van der Waals surface area contributed by atoms with Crippen molar-refractivity contribution < 1.29 is 14.3 Å². The summed E-state index contributed by atoms with van der Waals surface area (Å²) in [6.07, 6.45) is 0.614. The second-order valence-electron chi connectivity index (χ2n) is 6.35. The quantitative estimate of drug-likeness (QED) is 0.846. The summed E-state index contributed by atoms with van der Waals surface area (Å²) in [7, 11) is 1.41. The Morgan fingerprint density at radius 3 is 2.71 bits per heavy atom. The molecule has 0 amide bonds. The SMILES string of the molecule is COC(=O)[C@@H]1C[C@@H](Oc2ccc(Br)cc2C(C)(C)C)CN1. The topological polar surface area (TPSA) is 47.6 Å². The van der Waals surface area contributed by atoms with E-state index in [9.17, 15) is 4.79 Å². The first-order valence-electron chi connectivity index (χ1n) is 7.09. The molecule has 1 aliphatic heterocycles. The minimum absolute atomic E-state index is 0.00705. The molecule has 116 valence electrons. The van der Waals surface area contributed by atoms with Gasteiger partial charge in [0.1, 0.15) is 17.9 Å². The summed E-state index contributed by atoms with van der Waals surface area (Å²) >= 11 is 3.51. The molecule has 1 heterocycles. The first-order valence-corrected chi connectivity index (χ1v) is 7.88. The predicted molar refractivity (Wildman–Crippen MR) is 85.7 cm³/mol. The van der Waals surface area contributed by atoms with Crippen LogP contribution in [0.15, 0.2) is 22.7 Å². The molecule has 2 rings (SSSR count). The van der Waals surface area contributed by atoms with Crippen LogP contribution in [-0.4, -0.2) is 31.8 Å². The average molecular weight is 356 g/mol. The number of hydrogen-bond donors (Lipinski definition) is 1. The maximum atomic E-state index is 11.5. The highest BCUT2D eigenvalue weighted by atomic mass is 79.9. The van der Waals surface area contributed by atoms with Crippen LogP contribution in [-0.2, 0) is 14.9 Å². The summed E-state index contributed by atoms with van der Waals surface area (Å²) in [4.78, 5) is 11.5. The molecule has 0 unspecified atom stereocenters. The fourth-order valence-electron chi connectivity index (χ4n) is 2.49. The largest absolute Gasteiger partial charge is 0.489 e. The smallest absolute Gasteiger partial charge is 0.323 e. The first-order chi connectivity index (χ1) is 9.81. The number of nitrogens with one attached hydrogen (secondary N) is 1. The van der Waals surface area contributed by atoms with E-state index < -0.39 is 0 Å². The Kier molecular flexibility index (Phi) is 4.94. The Bertz CT molecular complexity index is 525. The van der Waals surface area contributed by atoms with Gasteiger partial charge in [0, 0.05) is 23.0 Å². The molecular formula is C16H22BrNO3. The molecule has 0 bridgehead atoms. The van der Waals surface area contributed by atoms with E-state index in [1.807, 2.05) is 12.1 Å². The second-order valence-corrected chi connectivity index (χ2v) is 7.27. The molecule has 0 spiro atoms. The van der Waals surface area contributed by atoms with Crippen molar-refractivity contribution >= 4 is 21.9 Å². The van der Waals surface area contributed by atoms with Gasteiger partial charge >= 0.3 is 5.97 Å². The summed E-state index contributed by atoms with van der Waals surface area (Å²) < 4.78 is 11.9. The number of ether oxygens (including phenoxy) is 2. The third-order valence-electron chi connectivity index (χ3n) is 3.62. The molecule has 0 aromatic heterocycles. The Labute approximate surface area is 134 Å². The number of benzene rings is 1. The Hall–Kier alpha value is -1.07. The van der Waals surface area contributed by atoms with E-state index in [-0.39, 0.29) is 23.5 Å². The molecular weight excluding hydrogens is 334 g/mol. The van der Waals surface area contributed by atoms with Crippen LogP contribution in [0.5, 0.6) is 5.75 Å². The summed E-state index contributed by atoms with van der Waals surface area (Å²) in [5.74, 6) is 0.649. The Morgan fingerprint density at radius 2 is 2.10 bits per heavy atom. The molecule has 0 radical (unpaired) electrons. The molecule has 4 nitrogen and oxygen atoms in total. The standard InChI is InChI=1S/C16H22BrNO3/c1-16(2,3)12-7-10(17)5-6-14(12)21-11-8-13(18-9-11)15(19)20-4/h5-7,11,13,18H,8-9H2,1-4H3/t11-,13+/m1/s1. The van der Waals surface area contributed by atoms with Crippen LogP contribution in [0.4, 0.5) is 0 Å². The van der Waals surface area contributed by atoms with E-state index in [0.29, 0.717) is 13.0 Å². The zero-order valence-electron chi connectivity index (χ0n) is 12.9. The van der Waals surface area contributed by atoms with Gasteiger partial charge < -0.3 is 14.8 Å². The van der Waals surface area contributed by atoms with Crippen LogP contribution in [0.25, 0.3) is 0 Å². The second kappa shape index (κ2) is 6.36. The molecule has 1 aliphatic rings. The lowest BCUT2D eigenvalue weighted by atomic mass is 9.86. The molecule has 1 N–H and O–H groups in total. The van der Waals surface area contributed by atoms with Gasteiger partial charge in [-0.2, -0.15) is 0 Å². The van der Waals surface area contributed by atoms with Gasteiger partial charge in [0.05, 0.1) is 7.11 Å². The Morgan fingerprint density at radius 1 is 1.38 bits per heavy atom. The number of halogens is 1. The van der Waals surface area contributed by atoms with Crippen molar-refractivity contribution in [2.24, 2.45) is 0 Å². The molecule has 21 heavy (non-hydrogen) atoms. The van der Waals surface area contributed by atoms with Crippen LogP contribution in [0, 0.1) is 0 Å². The lowest BCUT2D eigenvalue weighted by Gasteiger charge is -2.25. The average Bonchev–Trinajstić information content (AvgIpc) is 2.87. The highest BCUT2D eigenvalue weighted by molar-refractivity contribution is 9.10. The Balaban J connectivity index is 2.12. The molecule has 1 saturated heterocycles. The van der Waals surface area contributed by atoms with Crippen LogP contribution in [0.1, 0.15) is 32.8 Å². The number of esters is 1. The lowest BCUT2D eigenvalue weighted by Crippen LogP contribution is -2.31. The van der Waals surface area contributed by atoms with Gasteiger partial charge in [-0.25, -0.2) is 0 Å². The first kappa shape index (κ1) is 16.3. The summed E-state index contributed by atoms with van der Waals surface area (Å²) in [6.45, 7) is 7.13. The lowest BCUT2D eigenvalue weighted by molar-refractivity contribution is -0.142. The van der Waals surface area contributed by atoms with E-state index >= 15 is 0 Å². The normalized spacial score (nSPS) is 22.1. The van der Waals surface area contributed by atoms with Crippen molar-refractivity contribution in [3.63, 3.8) is 0 Å². The van der Waals surface area contributed by atoms with E-state index in [0.717, 1.165) is 15.8 Å². The zero-order valence-corrected chi connectivity index (χ0v) is 14.5. The molecule has 0 saturated carbocycles. The third-order valence-corrected chi connectivity index (χ3v) is 4.11. The van der Waals surface area contributed by atoms with Crippen LogP contribution >= 0.6 is 15.9 Å². The van der Waals surface area contributed by atoms with Crippen molar-refractivity contribution in [2.75, 3.05) is 13.7 Å². The van der Waals surface area contributed by atoms with Crippen molar-refractivity contribution in [3.05, 3.63) is 28.2 Å². The van der Waals surface area contributed by atoms with Crippen LogP contribution in [0.3, 0.4) is 0 Å². The van der Waals surface area contributed by atoms with Gasteiger partial charge in [-0.05, 0) is 23.6 Å². The molecule has 1 fully saturated rings. The van der Waals surface area contributed by atoms with Crippen molar-refractivity contribution in [2.45, 2.75) is 44.8 Å². The van der Waals surface area contributed by atoms with Crippen molar-refractivity contribution in [3.8, 4) is 5.75 Å². The van der Waals surface area contributed by atoms with Gasteiger partial charge in [-0.1, -0.05) is 36.7 Å². The van der Waals surface area contributed by atoms with E-state index in [1.165, 1.54) is 7.11 Å². The monoisotopic (exact) mass is 355 g/mol. The number of methoxy groups -OCH3 is 1. The van der Waals surface area contributed by atoms with Gasteiger partial charge in [0.2, 0.25) is 0 Å². The minimum Gasteiger partial charge on any atom is -0.489 e. The fourth-order valence-corrected chi connectivity index (χ4v) is 2.85. The fraction of sp³-hybridized carbons (Fsp3) is 0.562. The molecule has 1 aromatic carbocycles. The van der Waals surface area contributed by atoms with Crippen LogP contribution < -0.4 is 10.1 Å². The van der Waals surface area contributed by atoms with Gasteiger partial charge in [0.15, 0.2) is 0 Å².